The van der Waals surface area contributed by atoms with E-state index in [1.165, 1.54) is 12.1 Å². The van der Waals surface area contributed by atoms with Crippen molar-refractivity contribution in [3.05, 3.63) is 39.4 Å². The van der Waals surface area contributed by atoms with E-state index < -0.39 is 4.92 Å². The van der Waals surface area contributed by atoms with Crippen molar-refractivity contribution in [2.45, 2.75) is 20.8 Å². The fraction of sp³-hybridized carbons (Fsp3) is 0.462. The summed E-state index contributed by atoms with van der Waals surface area (Å²) in [5.41, 5.74) is 0.669. The third kappa shape index (κ3) is 4.52. The zero-order valence-corrected chi connectivity index (χ0v) is 12.0. The maximum atomic E-state index is 12.0. The Morgan fingerprint density at radius 1 is 1.42 bits per heavy atom. The molecule has 5 nitrogen and oxygen atoms in total. The Bertz CT molecular complexity index is 501. The molecule has 0 aromatic heterocycles. The number of non-ortho nitro benzene ring substituents is 1. The monoisotopic (exact) mass is 284 g/mol. The number of nitro benzene ring substituents is 1. The van der Waals surface area contributed by atoms with Gasteiger partial charge >= 0.3 is 0 Å². The molecule has 0 unspecified atom stereocenters. The fourth-order valence-corrected chi connectivity index (χ4v) is 1.56. The maximum Gasteiger partial charge on any atom is 0.270 e. The molecule has 0 bridgehead atoms. The second kappa shape index (κ2) is 6.02. The summed E-state index contributed by atoms with van der Waals surface area (Å²) in [6.45, 7) is 5.99. The van der Waals surface area contributed by atoms with Crippen LogP contribution in [0.4, 0.5) is 5.69 Å². The van der Waals surface area contributed by atoms with E-state index in [0.29, 0.717) is 18.0 Å². The van der Waals surface area contributed by atoms with E-state index in [0.717, 1.165) is 0 Å². The highest BCUT2D eigenvalue weighted by Gasteiger charge is 2.19. The lowest BCUT2D eigenvalue weighted by Gasteiger charge is -2.21. The van der Waals surface area contributed by atoms with E-state index in [4.69, 9.17) is 11.6 Å². The Morgan fingerprint density at radius 2 is 2.05 bits per heavy atom. The summed E-state index contributed by atoms with van der Waals surface area (Å²) in [6, 6.07) is 4.32. The summed E-state index contributed by atoms with van der Waals surface area (Å²) >= 11 is 5.77. The number of nitrogens with zero attached hydrogens (tertiary/aromatic N) is 1. The molecule has 0 saturated carbocycles. The second-order valence-corrected chi connectivity index (χ2v) is 5.56. The number of amides is 1. The first-order valence-corrected chi connectivity index (χ1v) is 6.39. The number of benzene rings is 1. The Hall–Kier alpha value is -1.62. The van der Waals surface area contributed by atoms with Gasteiger partial charge in [0.2, 0.25) is 0 Å². The number of carbonyl (C=O) groups excluding carboxylic acids is 1. The molecule has 0 aliphatic rings. The minimum Gasteiger partial charge on any atom is -0.351 e. The number of alkyl halides is 1. The molecule has 0 radical (unpaired) electrons. The maximum absolute atomic E-state index is 12.0. The molecular formula is C13H17ClN2O3. The quantitative estimate of drug-likeness (QED) is 0.513. The smallest absolute Gasteiger partial charge is 0.270 e. The van der Waals surface area contributed by atoms with Crippen molar-refractivity contribution in [2.75, 3.05) is 12.4 Å². The lowest BCUT2D eigenvalue weighted by atomic mass is 9.96. The van der Waals surface area contributed by atoms with Gasteiger partial charge in [0.15, 0.2) is 0 Å². The van der Waals surface area contributed by atoms with Crippen molar-refractivity contribution in [3.8, 4) is 0 Å². The van der Waals surface area contributed by atoms with Crippen molar-refractivity contribution in [2.24, 2.45) is 5.41 Å². The predicted octanol–water partition coefficient (Wildman–Crippen LogP) is 2.90. The third-order valence-electron chi connectivity index (χ3n) is 2.62. The Kier molecular flexibility index (Phi) is 4.89. The first-order chi connectivity index (χ1) is 8.75. The van der Waals surface area contributed by atoms with E-state index in [1.807, 2.05) is 13.8 Å². The third-order valence-corrected chi connectivity index (χ3v) is 3.35. The number of nitrogens with one attached hydrogen (secondary N) is 1. The van der Waals surface area contributed by atoms with Crippen LogP contribution >= 0.6 is 11.6 Å². The highest BCUT2D eigenvalue weighted by Crippen LogP contribution is 2.18. The van der Waals surface area contributed by atoms with Crippen LogP contribution < -0.4 is 5.32 Å². The van der Waals surface area contributed by atoms with E-state index in [2.05, 4.69) is 5.32 Å². The van der Waals surface area contributed by atoms with Gasteiger partial charge in [-0.3, -0.25) is 14.9 Å². The van der Waals surface area contributed by atoms with Crippen LogP contribution in [0.25, 0.3) is 0 Å². The van der Waals surface area contributed by atoms with Crippen molar-refractivity contribution >= 4 is 23.2 Å². The molecule has 0 saturated heterocycles. The topological polar surface area (TPSA) is 72.2 Å². The molecule has 0 aliphatic carbocycles. The van der Waals surface area contributed by atoms with Gasteiger partial charge in [0.1, 0.15) is 0 Å². The van der Waals surface area contributed by atoms with E-state index in [9.17, 15) is 14.9 Å². The minimum atomic E-state index is -0.507. The molecule has 6 heteroatoms. The van der Waals surface area contributed by atoms with Crippen LogP contribution in [0.15, 0.2) is 18.2 Å². The van der Waals surface area contributed by atoms with Crippen LogP contribution in [-0.4, -0.2) is 23.3 Å². The van der Waals surface area contributed by atoms with Crippen molar-refractivity contribution in [1.29, 1.82) is 0 Å². The number of aryl methyl sites for hydroxylation is 1. The summed E-state index contributed by atoms with van der Waals surface area (Å²) in [6.07, 6.45) is 0. The van der Waals surface area contributed by atoms with Crippen LogP contribution in [0.5, 0.6) is 0 Å². The Morgan fingerprint density at radius 3 is 2.58 bits per heavy atom. The van der Waals surface area contributed by atoms with Gasteiger partial charge in [-0.15, -0.1) is 11.6 Å². The highest BCUT2D eigenvalue weighted by atomic mass is 35.5. The SMILES string of the molecule is Cc1cc(C(=O)NCC(C)(C)CCl)cc([N+](=O)[O-])c1. The van der Waals surface area contributed by atoms with Crippen LogP contribution in [-0.2, 0) is 0 Å². The van der Waals surface area contributed by atoms with Crippen molar-refractivity contribution in [1.82, 2.24) is 5.32 Å². The molecule has 0 aliphatic heterocycles. The summed E-state index contributed by atoms with van der Waals surface area (Å²) in [5, 5.41) is 13.5. The zero-order chi connectivity index (χ0) is 14.6. The van der Waals surface area contributed by atoms with Gasteiger partial charge in [-0.25, -0.2) is 0 Å². The van der Waals surface area contributed by atoms with Crippen molar-refractivity contribution in [3.63, 3.8) is 0 Å². The number of carbonyl (C=O) groups is 1. The lowest BCUT2D eigenvalue weighted by molar-refractivity contribution is -0.384. The van der Waals surface area contributed by atoms with E-state index >= 15 is 0 Å². The van der Waals surface area contributed by atoms with Crippen LogP contribution in [0.2, 0.25) is 0 Å². The molecule has 0 atom stereocenters. The number of hydrogen-bond acceptors (Lipinski definition) is 3. The molecule has 1 aromatic carbocycles. The molecule has 1 N–H and O–H groups in total. The Labute approximate surface area is 117 Å². The molecule has 1 amide bonds. The molecule has 0 heterocycles. The largest absolute Gasteiger partial charge is 0.351 e. The molecule has 104 valence electrons. The number of halogens is 1. The van der Waals surface area contributed by atoms with Gasteiger partial charge in [0.05, 0.1) is 4.92 Å². The highest BCUT2D eigenvalue weighted by molar-refractivity contribution is 6.18. The van der Waals surface area contributed by atoms with Crippen LogP contribution in [0.3, 0.4) is 0 Å². The van der Waals surface area contributed by atoms with E-state index in [1.54, 1.807) is 13.0 Å². The molecule has 1 rings (SSSR count). The molecular weight excluding hydrogens is 268 g/mol. The summed E-state index contributed by atoms with van der Waals surface area (Å²) in [7, 11) is 0. The summed E-state index contributed by atoms with van der Waals surface area (Å²) in [4.78, 5) is 22.2. The van der Waals surface area contributed by atoms with Gasteiger partial charge in [0, 0.05) is 30.1 Å². The lowest BCUT2D eigenvalue weighted by Crippen LogP contribution is -2.35. The van der Waals surface area contributed by atoms with Crippen molar-refractivity contribution < 1.29 is 9.72 Å². The summed E-state index contributed by atoms with van der Waals surface area (Å²) in [5.74, 6) is 0.0892. The predicted molar refractivity (Wildman–Crippen MR) is 74.7 cm³/mol. The average Bonchev–Trinajstić information content (AvgIpc) is 2.35. The van der Waals surface area contributed by atoms with Gasteiger partial charge in [0.25, 0.3) is 11.6 Å². The number of nitro groups is 1. The number of hydrogen-bond donors (Lipinski definition) is 1. The van der Waals surface area contributed by atoms with Crippen LogP contribution in [0.1, 0.15) is 29.8 Å². The first-order valence-electron chi connectivity index (χ1n) is 5.85. The zero-order valence-electron chi connectivity index (χ0n) is 11.2. The summed E-state index contributed by atoms with van der Waals surface area (Å²) < 4.78 is 0. The minimum absolute atomic E-state index is 0.0817. The van der Waals surface area contributed by atoms with Gasteiger partial charge in [-0.05, 0) is 24.0 Å². The Balaban J connectivity index is 2.85. The second-order valence-electron chi connectivity index (χ2n) is 5.29. The molecule has 0 spiro atoms. The first kappa shape index (κ1) is 15.4. The standard InChI is InChI=1S/C13H17ClN2O3/c1-9-4-10(6-11(5-9)16(18)19)12(17)15-8-13(2,3)7-14/h4-6H,7-8H2,1-3H3,(H,15,17). The van der Waals surface area contributed by atoms with Crippen LogP contribution in [0, 0.1) is 22.5 Å². The fourth-order valence-electron chi connectivity index (χ4n) is 1.47. The van der Waals surface area contributed by atoms with E-state index in [-0.39, 0.29) is 22.6 Å². The normalized spacial score (nSPS) is 11.2. The molecule has 0 fully saturated rings. The van der Waals surface area contributed by atoms with Gasteiger partial charge in [-0.1, -0.05) is 13.8 Å². The molecule has 1 aromatic rings. The molecule has 19 heavy (non-hydrogen) atoms. The van der Waals surface area contributed by atoms with Gasteiger partial charge < -0.3 is 5.32 Å². The average molecular weight is 285 g/mol. The van der Waals surface area contributed by atoms with Gasteiger partial charge in [-0.2, -0.15) is 0 Å². The number of rotatable bonds is 5.